The van der Waals surface area contributed by atoms with E-state index in [1.807, 2.05) is 0 Å². The molecule has 0 unspecified atom stereocenters. The Morgan fingerprint density at radius 1 is 0.955 bits per heavy atom. The van der Waals surface area contributed by atoms with Crippen LogP contribution in [0.2, 0.25) is 0 Å². The lowest BCUT2D eigenvalue weighted by atomic mass is 9.91. The van der Waals surface area contributed by atoms with E-state index in [2.05, 4.69) is 18.7 Å². The SMILES string of the molecule is CCCCCCCN1CCC(CCCC)CC1.CS(=O)(=O)O. The van der Waals surface area contributed by atoms with Crippen LogP contribution < -0.4 is 0 Å². The van der Waals surface area contributed by atoms with Gasteiger partial charge < -0.3 is 4.90 Å². The first-order valence-corrected chi connectivity index (χ1v) is 10.9. The summed E-state index contributed by atoms with van der Waals surface area (Å²) >= 11 is 0. The van der Waals surface area contributed by atoms with Crippen LogP contribution in [0.5, 0.6) is 0 Å². The van der Waals surface area contributed by atoms with Crippen LogP contribution in [-0.2, 0) is 10.1 Å². The molecule has 1 N–H and O–H groups in total. The minimum Gasteiger partial charge on any atom is -0.303 e. The molecule has 0 spiro atoms. The average molecular weight is 336 g/mol. The van der Waals surface area contributed by atoms with E-state index in [4.69, 9.17) is 4.55 Å². The summed E-state index contributed by atoms with van der Waals surface area (Å²) in [5, 5.41) is 0. The molecule has 0 radical (unpaired) electrons. The molecule has 1 aliphatic heterocycles. The van der Waals surface area contributed by atoms with Crippen molar-refractivity contribution in [1.82, 2.24) is 4.90 Å². The standard InChI is InChI=1S/C16H33N.CH4O3S/c1-3-5-7-8-9-13-17-14-11-16(12-15-17)10-6-4-2;1-5(2,3)4/h16H,3-15H2,1-2H3;1H3,(H,2,3,4). The highest BCUT2D eigenvalue weighted by atomic mass is 32.2. The summed E-state index contributed by atoms with van der Waals surface area (Å²) in [6.45, 7) is 8.72. The molecule has 1 fully saturated rings. The number of hydrogen-bond acceptors (Lipinski definition) is 3. The largest absolute Gasteiger partial charge is 0.303 e. The predicted octanol–water partition coefficient (Wildman–Crippen LogP) is 4.36. The second-order valence-corrected chi connectivity index (χ2v) is 8.04. The van der Waals surface area contributed by atoms with Gasteiger partial charge in [0.2, 0.25) is 0 Å². The van der Waals surface area contributed by atoms with Gasteiger partial charge in [0.25, 0.3) is 10.1 Å². The van der Waals surface area contributed by atoms with Crippen molar-refractivity contribution in [1.29, 1.82) is 0 Å². The molecule has 1 aliphatic rings. The molecule has 0 aromatic heterocycles. The van der Waals surface area contributed by atoms with E-state index in [-0.39, 0.29) is 0 Å². The first kappa shape index (κ1) is 21.9. The van der Waals surface area contributed by atoms with Crippen molar-refractivity contribution < 1.29 is 13.0 Å². The van der Waals surface area contributed by atoms with Gasteiger partial charge in [-0.05, 0) is 44.8 Å². The van der Waals surface area contributed by atoms with Crippen LogP contribution in [0.25, 0.3) is 0 Å². The summed E-state index contributed by atoms with van der Waals surface area (Å²) in [7, 11) is -3.67. The molecule has 4 nitrogen and oxygen atoms in total. The molecule has 1 heterocycles. The third kappa shape index (κ3) is 16.2. The summed E-state index contributed by atoms with van der Waals surface area (Å²) in [6, 6.07) is 0. The maximum absolute atomic E-state index is 9.19. The number of likely N-dealkylation sites (tertiary alicyclic amines) is 1. The number of unbranched alkanes of at least 4 members (excludes halogenated alkanes) is 5. The quantitative estimate of drug-likeness (QED) is 0.502. The van der Waals surface area contributed by atoms with Crippen LogP contribution >= 0.6 is 0 Å². The zero-order valence-electron chi connectivity index (χ0n) is 14.9. The molecule has 1 rings (SSSR count). The average Bonchev–Trinajstić information content (AvgIpc) is 2.44. The molecule has 0 aliphatic carbocycles. The maximum Gasteiger partial charge on any atom is 0.261 e. The first-order chi connectivity index (χ1) is 10.4. The van der Waals surface area contributed by atoms with Gasteiger partial charge in [-0.15, -0.1) is 0 Å². The molecule has 0 aromatic carbocycles. The summed E-state index contributed by atoms with van der Waals surface area (Å²) < 4.78 is 25.9. The highest BCUT2D eigenvalue weighted by molar-refractivity contribution is 7.85. The second kappa shape index (κ2) is 13.3. The maximum atomic E-state index is 9.19. The topological polar surface area (TPSA) is 57.6 Å². The van der Waals surface area contributed by atoms with Crippen molar-refractivity contribution in [2.24, 2.45) is 5.92 Å². The Hall–Kier alpha value is -0.130. The van der Waals surface area contributed by atoms with Gasteiger partial charge in [0.1, 0.15) is 0 Å². The predicted molar refractivity (Wildman–Crippen MR) is 94.9 cm³/mol. The van der Waals surface area contributed by atoms with E-state index in [0.29, 0.717) is 6.26 Å². The number of hydrogen-bond donors (Lipinski definition) is 1. The van der Waals surface area contributed by atoms with Gasteiger partial charge in [-0.2, -0.15) is 8.42 Å². The summed E-state index contributed by atoms with van der Waals surface area (Å²) in [4.78, 5) is 2.70. The van der Waals surface area contributed by atoms with Crippen LogP contribution in [0, 0.1) is 5.92 Å². The Balaban J connectivity index is 0.000000763. The molecular formula is C17H37NO3S. The molecule has 0 amide bonds. The molecule has 134 valence electrons. The highest BCUT2D eigenvalue weighted by Crippen LogP contribution is 2.22. The minimum absolute atomic E-state index is 0.715. The molecule has 0 aromatic rings. The Kier molecular flexibility index (Phi) is 13.2. The lowest BCUT2D eigenvalue weighted by Crippen LogP contribution is -2.34. The molecule has 0 atom stereocenters. The van der Waals surface area contributed by atoms with Gasteiger partial charge in [0.15, 0.2) is 0 Å². The summed E-state index contributed by atoms with van der Waals surface area (Å²) in [5.41, 5.74) is 0. The second-order valence-electron chi connectivity index (χ2n) is 6.57. The number of piperidine rings is 1. The minimum atomic E-state index is -3.67. The number of rotatable bonds is 9. The van der Waals surface area contributed by atoms with Crippen molar-refractivity contribution in [2.45, 2.75) is 78.1 Å². The fourth-order valence-electron chi connectivity index (χ4n) is 2.93. The zero-order valence-corrected chi connectivity index (χ0v) is 15.7. The van der Waals surface area contributed by atoms with Gasteiger partial charge >= 0.3 is 0 Å². The monoisotopic (exact) mass is 335 g/mol. The first-order valence-electron chi connectivity index (χ1n) is 9.01. The van der Waals surface area contributed by atoms with Gasteiger partial charge in [-0.1, -0.05) is 58.8 Å². The Morgan fingerprint density at radius 3 is 1.95 bits per heavy atom. The van der Waals surface area contributed by atoms with Crippen LogP contribution in [0.3, 0.4) is 0 Å². The lowest BCUT2D eigenvalue weighted by Gasteiger charge is -2.32. The van der Waals surface area contributed by atoms with E-state index in [1.165, 1.54) is 83.8 Å². The Morgan fingerprint density at radius 2 is 1.45 bits per heavy atom. The summed E-state index contributed by atoms with van der Waals surface area (Å²) in [6.07, 6.45) is 15.1. The Bertz CT molecular complexity index is 325. The van der Waals surface area contributed by atoms with Crippen LogP contribution in [0.1, 0.15) is 78.1 Å². The van der Waals surface area contributed by atoms with E-state index in [0.717, 1.165) is 5.92 Å². The number of nitrogens with zero attached hydrogens (tertiary/aromatic N) is 1. The third-order valence-corrected chi connectivity index (χ3v) is 4.25. The van der Waals surface area contributed by atoms with E-state index < -0.39 is 10.1 Å². The molecule has 22 heavy (non-hydrogen) atoms. The molecular weight excluding hydrogens is 298 g/mol. The molecule has 1 saturated heterocycles. The Labute approximate surface area is 138 Å². The van der Waals surface area contributed by atoms with E-state index in [1.54, 1.807) is 0 Å². The van der Waals surface area contributed by atoms with Gasteiger partial charge in [-0.3, -0.25) is 4.55 Å². The third-order valence-electron chi connectivity index (χ3n) is 4.25. The van der Waals surface area contributed by atoms with E-state index in [9.17, 15) is 8.42 Å². The van der Waals surface area contributed by atoms with E-state index >= 15 is 0 Å². The van der Waals surface area contributed by atoms with Crippen molar-refractivity contribution >= 4 is 10.1 Å². The van der Waals surface area contributed by atoms with Crippen molar-refractivity contribution in [3.8, 4) is 0 Å². The fourth-order valence-corrected chi connectivity index (χ4v) is 2.93. The normalized spacial score (nSPS) is 17.1. The van der Waals surface area contributed by atoms with Gasteiger partial charge in [0.05, 0.1) is 6.26 Å². The van der Waals surface area contributed by atoms with Crippen molar-refractivity contribution in [3.05, 3.63) is 0 Å². The van der Waals surface area contributed by atoms with Gasteiger partial charge in [0, 0.05) is 0 Å². The summed E-state index contributed by atoms with van der Waals surface area (Å²) in [5.74, 6) is 1.05. The van der Waals surface area contributed by atoms with Crippen molar-refractivity contribution in [3.63, 3.8) is 0 Å². The molecule has 0 saturated carbocycles. The zero-order chi connectivity index (χ0) is 16.8. The van der Waals surface area contributed by atoms with Crippen LogP contribution in [0.15, 0.2) is 0 Å². The van der Waals surface area contributed by atoms with Gasteiger partial charge in [-0.25, -0.2) is 0 Å². The molecule has 0 bridgehead atoms. The van der Waals surface area contributed by atoms with Crippen LogP contribution in [-0.4, -0.2) is 43.8 Å². The highest BCUT2D eigenvalue weighted by Gasteiger charge is 2.17. The molecule has 5 heteroatoms. The van der Waals surface area contributed by atoms with Crippen LogP contribution in [0.4, 0.5) is 0 Å². The fraction of sp³-hybridized carbons (Fsp3) is 1.00. The smallest absolute Gasteiger partial charge is 0.261 e. The lowest BCUT2D eigenvalue weighted by molar-refractivity contribution is 0.174. The van der Waals surface area contributed by atoms with Crippen molar-refractivity contribution in [2.75, 3.05) is 25.9 Å².